The molecule has 1 aliphatic heterocycles. The maximum atomic E-state index is 5.81. The van der Waals surface area contributed by atoms with E-state index in [1.165, 1.54) is 24.9 Å². The maximum Gasteiger partial charge on any atom is 0.119 e. The van der Waals surface area contributed by atoms with E-state index in [0.717, 1.165) is 30.9 Å². The third-order valence-corrected chi connectivity index (χ3v) is 4.69. The molecule has 0 amide bonds. The van der Waals surface area contributed by atoms with Crippen LogP contribution in [0.3, 0.4) is 0 Å². The van der Waals surface area contributed by atoms with Crippen LogP contribution in [0.1, 0.15) is 30.9 Å². The van der Waals surface area contributed by atoms with Crippen LogP contribution in [0.5, 0.6) is 5.75 Å². The van der Waals surface area contributed by atoms with Crippen molar-refractivity contribution in [3.05, 3.63) is 59.9 Å². The van der Waals surface area contributed by atoms with Crippen molar-refractivity contribution in [2.45, 2.75) is 39.0 Å². The predicted molar refractivity (Wildman–Crippen MR) is 97.0 cm³/mol. The van der Waals surface area contributed by atoms with Gasteiger partial charge in [-0.1, -0.05) is 19.1 Å². The first kappa shape index (κ1) is 16.9. The summed E-state index contributed by atoms with van der Waals surface area (Å²) in [5, 5.41) is 3.60. The molecule has 0 aliphatic carbocycles. The van der Waals surface area contributed by atoms with Crippen LogP contribution in [0.25, 0.3) is 0 Å². The Morgan fingerprint density at radius 3 is 2.67 bits per heavy atom. The zero-order valence-corrected chi connectivity index (χ0v) is 14.4. The molecule has 1 unspecified atom stereocenters. The highest BCUT2D eigenvalue weighted by Gasteiger charge is 2.21. The molecule has 1 fully saturated rings. The summed E-state index contributed by atoms with van der Waals surface area (Å²) in [6.45, 7) is 7.24. The number of hydrogen-bond acceptors (Lipinski definition) is 4. The van der Waals surface area contributed by atoms with Gasteiger partial charge < -0.3 is 10.1 Å². The van der Waals surface area contributed by atoms with E-state index in [9.17, 15) is 0 Å². The van der Waals surface area contributed by atoms with Crippen molar-refractivity contribution in [3.8, 4) is 5.75 Å². The molecule has 2 aromatic rings. The minimum atomic E-state index is 0.578. The van der Waals surface area contributed by atoms with E-state index in [1.54, 1.807) is 12.4 Å². The number of hydrogen-bond donors (Lipinski definition) is 1. The van der Waals surface area contributed by atoms with Gasteiger partial charge in [0.25, 0.3) is 0 Å². The molecule has 1 atom stereocenters. The van der Waals surface area contributed by atoms with E-state index >= 15 is 0 Å². The fourth-order valence-corrected chi connectivity index (χ4v) is 3.27. The summed E-state index contributed by atoms with van der Waals surface area (Å²) in [4.78, 5) is 6.59. The SMILES string of the molecule is CCN1CCCC1CNCc1ccc(OCc2ccncc2)cc1. The predicted octanol–water partition coefficient (Wildman–Crippen LogP) is 3.23. The monoisotopic (exact) mass is 325 g/mol. The molecule has 1 saturated heterocycles. The highest BCUT2D eigenvalue weighted by atomic mass is 16.5. The van der Waals surface area contributed by atoms with Crippen LogP contribution < -0.4 is 10.1 Å². The zero-order chi connectivity index (χ0) is 16.6. The Morgan fingerprint density at radius 2 is 1.92 bits per heavy atom. The third kappa shape index (κ3) is 4.79. The first-order valence-electron chi connectivity index (χ1n) is 8.90. The van der Waals surface area contributed by atoms with Crippen molar-refractivity contribution in [1.29, 1.82) is 0 Å². The third-order valence-electron chi connectivity index (χ3n) is 4.69. The van der Waals surface area contributed by atoms with Crippen LogP contribution >= 0.6 is 0 Å². The van der Waals surface area contributed by atoms with Gasteiger partial charge in [-0.25, -0.2) is 0 Å². The smallest absolute Gasteiger partial charge is 0.119 e. The van der Waals surface area contributed by atoms with Crippen molar-refractivity contribution in [3.63, 3.8) is 0 Å². The molecule has 2 heterocycles. The quantitative estimate of drug-likeness (QED) is 0.808. The summed E-state index contributed by atoms with van der Waals surface area (Å²) in [6.07, 6.45) is 6.24. The fourth-order valence-electron chi connectivity index (χ4n) is 3.27. The summed E-state index contributed by atoms with van der Waals surface area (Å²) in [5.41, 5.74) is 2.43. The molecule has 1 aromatic heterocycles. The Hall–Kier alpha value is -1.91. The summed E-state index contributed by atoms with van der Waals surface area (Å²) >= 11 is 0. The molecule has 0 spiro atoms. The molecule has 0 saturated carbocycles. The summed E-state index contributed by atoms with van der Waals surface area (Å²) < 4.78 is 5.81. The van der Waals surface area contributed by atoms with E-state index < -0.39 is 0 Å². The Bertz CT molecular complexity index is 600. The number of aromatic nitrogens is 1. The lowest BCUT2D eigenvalue weighted by molar-refractivity contribution is 0.260. The first-order chi connectivity index (χ1) is 11.8. The number of likely N-dealkylation sites (N-methyl/N-ethyl adjacent to an activating group) is 1. The molecule has 4 heteroatoms. The van der Waals surface area contributed by atoms with Gasteiger partial charge in [0.1, 0.15) is 12.4 Å². The molecular weight excluding hydrogens is 298 g/mol. The van der Waals surface area contributed by atoms with Crippen LogP contribution in [0, 0.1) is 0 Å². The van der Waals surface area contributed by atoms with E-state index in [1.807, 2.05) is 24.3 Å². The Kier molecular flexibility index (Phi) is 6.21. The first-order valence-corrected chi connectivity index (χ1v) is 8.90. The summed E-state index contributed by atoms with van der Waals surface area (Å²) in [7, 11) is 0. The van der Waals surface area contributed by atoms with Crippen molar-refractivity contribution < 1.29 is 4.74 Å². The van der Waals surface area contributed by atoms with Gasteiger partial charge in [-0.2, -0.15) is 0 Å². The topological polar surface area (TPSA) is 37.4 Å². The second-order valence-corrected chi connectivity index (χ2v) is 6.34. The zero-order valence-electron chi connectivity index (χ0n) is 14.4. The number of nitrogens with one attached hydrogen (secondary N) is 1. The maximum absolute atomic E-state index is 5.81. The van der Waals surface area contributed by atoms with Gasteiger partial charge >= 0.3 is 0 Å². The van der Waals surface area contributed by atoms with Crippen molar-refractivity contribution >= 4 is 0 Å². The van der Waals surface area contributed by atoms with E-state index in [2.05, 4.69) is 34.3 Å². The normalized spacial score (nSPS) is 18.0. The number of benzene rings is 1. The lowest BCUT2D eigenvalue weighted by Crippen LogP contribution is -2.37. The van der Waals surface area contributed by atoms with E-state index in [0.29, 0.717) is 12.6 Å². The molecular formula is C20H27N3O. The number of rotatable bonds is 8. The van der Waals surface area contributed by atoms with Gasteiger partial charge in [0.15, 0.2) is 0 Å². The largest absolute Gasteiger partial charge is 0.489 e. The number of pyridine rings is 1. The summed E-state index contributed by atoms with van der Waals surface area (Å²) in [6, 6.07) is 13.0. The fraction of sp³-hybridized carbons (Fsp3) is 0.450. The van der Waals surface area contributed by atoms with Crippen molar-refractivity contribution in [1.82, 2.24) is 15.2 Å². The summed E-state index contributed by atoms with van der Waals surface area (Å²) in [5.74, 6) is 0.906. The minimum Gasteiger partial charge on any atom is -0.489 e. The van der Waals surface area contributed by atoms with Gasteiger partial charge in [0.05, 0.1) is 0 Å². The van der Waals surface area contributed by atoms with Crippen molar-refractivity contribution in [2.75, 3.05) is 19.6 Å². The molecule has 3 rings (SSSR count). The highest BCUT2D eigenvalue weighted by Crippen LogP contribution is 2.16. The van der Waals surface area contributed by atoms with Gasteiger partial charge in [0, 0.05) is 31.5 Å². The van der Waals surface area contributed by atoms with Crippen LogP contribution in [0.4, 0.5) is 0 Å². The average molecular weight is 325 g/mol. The van der Waals surface area contributed by atoms with Gasteiger partial charge in [0.2, 0.25) is 0 Å². The van der Waals surface area contributed by atoms with Gasteiger partial charge in [-0.3, -0.25) is 9.88 Å². The standard InChI is InChI=1S/C20H27N3O/c1-2-23-13-3-4-19(23)15-22-14-17-5-7-20(8-6-17)24-16-18-9-11-21-12-10-18/h5-12,19,22H,2-4,13-16H2,1H3. The van der Waals surface area contributed by atoms with Crippen LogP contribution in [-0.4, -0.2) is 35.6 Å². The molecule has 4 nitrogen and oxygen atoms in total. The molecule has 128 valence electrons. The van der Waals surface area contributed by atoms with Crippen LogP contribution in [0.2, 0.25) is 0 Å². The molecule has 1 aromatic carbocycles. The lowest BCUT2D eigenvalue weighted by Gasteiger charge is -2.23. The number of ether oxygens (including phenoxy) is 1. The van der Waals surface area contributed by atoms with Crippen molar-refractivity contribution in [2.24, 2.45) is 0 Å². The average Bonchev–Trinajstić information content (AvgIpc) is 3.09. The minimum absolute atomic E-state index is 0.578. The molecule has 0 bridgehead atoms. The second kappa shape index (κ2) is 8.81. The van der Waals surface area contributed by atoms with Crippen LogP contribution in [0.15, 0.2) is 48.8 Å². The number of likely N-dealkylation sites (tertiary alicyclic amines) is 1. The Morgan fingerprint density at radius 1 is 1.12 bits per heavy atom. The highest BCUT2D eigenvalue weighted by molar-refractivity contribution is 5.27. The molecule has 24 heavy (non-hydrogen) atoms. The molecule has 1 N–H and O–H groups in total. The molecule has 0 radical (unpaired) electrons. The lowest BCUT2D eigenvalue weighted by atomic mass is 10.2. The Labute approximate surface area is 144 Å². The van der Waals surface area contributed by atoms with Gasteiger partial charge in [-0.15, -0.1) is 0 Å². The second-order valence-electron chi connectivity index (χ2n) is 6.34. The van der Waals surface area contributed by atoms with E-state index in [-0.39, 0.29) is 0 Å². The van der Waals surface area contributed by atoms with Crippen LogP contribution in [-0.2, 0) is 13.2 Å². The molecule has 1 aliphatic rings. The Balaban J connectivity index is 1.41. The van der Waals surface area contributed by atoms with Gasteiger partial charge in [-0.05, 0) is 61.3 Å². The number of nitrogens with zero attached hydrogens (tertiary/aromatic N) is 2. The van der Waals surface area contributed by atoms with E-state index in [4.69, 9.17) is 4.74 Å².